The summed E-state index contributed by atoms with van der Waals surface area (Å²) < 4.78 is 1.47. The van der Waals surface area contributed by atoms with Gasteiger partial charge < -0.3 is 10.6 Å². The fraction of sp³-hybridized carbons (Fsp3) is 0.105. The van der Waals surface area contributed by atoms with Crippen molar-refractivity contribution in [3.63, 3.8) is 0 Å². The Hall–Kier alpha value is -4.01. The highest BCUT2D eigenvalue weighted by atomic mass is 16.6. The van der Waals surface area contributed by atoms with Crippen LogP contribution >= 0.6 is 0 Å². The summed E-state index contributed by atoms with van der Waals surface area (Å²) in [6.07, 6.45) is 2.97. The molecule has 0 atom stereocenters. The molecular weight excluding hydrogens is 362 g/mol. The van der Waals surface area contributed by atoms with Crippen LogP contribution in [0.15, 0.2) is 60.9 Å². The van der Waals surface area contributed by atoms with Crippen LogP contribution in [-0.4, -0.2) is 26.5 Å². The van der Waals surface area contributed by atoms with E-state index >= 15 is 0 Å². The molecule has 0 spiro atoms. The van der Waals surface area contributed by atoms with Crippen LogP contribution in [-0.2, 0) is 11.3 Å². The Morgan fingerprint density at radius 1 is 1.18 bits per heavy atom. The van der Waals surface area contributed by atoms with E-state index in [1.165, 1.54) is 29.9 Å². The second kappa shape index (κ2) is 8.12. The van der Waals surface area contributed by atoms with Crippen LogP contribution in [0.1, 0.15) is 22.8 Å². The van der Waals surface area contributed by atoms with E-state index in [-0.39, 0.29) is 24.0 Å². The molecule has 9 nitrogen and oxygen atoms in total. The number of non-ortho nitro benzene ring substituents is 1. The van der Waals surface area contributed by atoms with Crippen LogP contribution in [0.4, 0.5) is 11.4 Å². The number of carbonyl (C=O) groups excluding carboxylic acids is 2. The molecule has 0 aliphatic heterocycles. The van der Waals surface area contributed by atoms with Gasteiger partial charge in [-0.05, 0) is 29.8 Å². The Morgan fingerprint density at radius 2 is 1.93 bits per heavy atom. The number of amides is 2. The second-order valence-corrected chi connectivity index (χ2v) is 6.01. The predicted molar refractivity (Wildman–Crippen MR) is 102 cm³/mol. The highest BCUT2D eigenvalue weighted by Gasteiger charge is 2.11. The lowest BCUT2D eigenvalue weighted by molar-refractivity contribution is -0.384. The summed E-state index contributed by atoms with van der Waals surface area (Å²) in [5.74, 6) is -0.474. The molecule has 0 bridgehead atoms. The van der Waals surface area contributed by atoms with Crippen molar-refractivity contribution in [3.05, 3.63) is 82.2 Å². The second-order valence-electron chi connectivity index (χ2n) is 6.01. The maximum atomic E-state index is 12.3. The van der Waals surface area contributed by atoms with Gasteiger partial charge in [0, 0.05) is 37.5 Å². The Morgan fingerprint density at radius 3 is 2.61 bits per heavy atom. The summed E-state index contributed by atoms with van der Waals surface area (Å²) in [7, 11) is 0. The lowest BCUT2D eigenvalue weighted by atomic mass is 10.2. The van der Waals surface area contributed by atoms with Gasteiger partial charge in [0.25, 0.3) is 11.6 Å². The number of anilines is 1. The minimum atomic E-state index is -0.479. The van der Waals surface area contributed by atoms with Crippen molar-refractivity contribution < 1.29 is 14.5 Å². The molecule has 1 aromatic heterocycles. The summed E-state index contributed by atoms with van der Waals surface area (Å²) in [6, 6.07) is 13.0. The van der Waals surface area contributed by atoms with Gasteiger partial charge in [-0.3, -0.25) is 19.7 Å². The van der Waals surface area contributed by atoms with Crippen LogP contribution < -0.4 is 10.6 Å². The van der Waals surface area contributed by atoms with E-state index in [0.29, 0.717) is 16.9 Å². The quantitative estimate of drug-likeness (QED) is 0.504. The third-order valence-corrected chi connectivity index (χ3v) is 3.87. The van der Waals surface area contributed by atoms with Gasteiger partial charge in [0.2, 0.25) is 5.91 Å². The number of nitrogens with one attached hydrogen (secondary N) is 2. The Labute approximate surface area is 160 Å². The Balaban J connectivity index is 1.64. The average Bonchev–Trinajstić information content (AvgIpc) is 3.16. The predicted octanol–water partition coefficient (Wildman–Crippen LogP) is 2.67. The minimum absolute atomic E-state index is 0.0182. The fourth-order valence-corrected chi connectivity index (χ4v) is 2.56. The molecule has 0 fully saturated rings. The maximum Gasteiger partial charge on any atom is 0.269 e. The first-order valence-electron chi connectivity index (χ1n) is 8.36. The number of hydrogen-bond donors (Lipinski definition) is 2. The zero-order valence-electron chi connectivity index (χ0n) is 15.0. The number of nitro benzene ring substituents is 1. The van der Waals surface area contributed by atoms with E-state index in [4.69, 9.17) is 0 Å². The minimum Gasteiger partial charge on any atom is -0.348 e. The van der Waals surface area contributed by atoms with Crippen LogP contribution in [0.25, 0.3) is 5.69 Å². The van der Waals surface area contributed by atoms with E-state index in [1.807, 2.05) is 6.07 Å². The van der Waals surface area contributed by atoms with Crippen LogP contribution in [0.3, 0.4) is 0 Å². The highest BCUT2D eigenvalue weighted by molar-refractivity contribution is 5.93. The largest absolute Gasteiger partial charge is 0.348 e. The molecule has 3 aromatic rings. The number of rotatable bonds is 6. The van der Waals surface area contributed by atoms with Crippen molar-refractivity contribution in [2.75, 3.05) is 5.32 Å². The molecule has 0 saturated carbocycles. The molecule has 2 aromatic carbocycles. The van der Waals surface area contributed by atoms with E-state index in [2.05, 4.69) is 15.7 Å². The summed E-state index contributed by atoms with van der Waals surface area (Å²) in [5.41, 5.74) is 2.44. The zero-order chi connectivity index (χ0) is 20.1. The Bertz CT molecular complexity index is 1030. The standard InChI is InChI=1S/C19H17N5O4/c1-13(25)22-16-4-2-3-14(9-16)10-20-19(26)15-11-21-23(12-15)17-5-7-18(8-6-17)24(27)28/h2-9,11-12H,10H2,1H3,(H,20,26)(H,22,25). The third kappa shape index (κ3) is 4.58. The summed E-state index contributed by atoms with van der Waals surface area (Å²) >= 11 is 0. The first-order valence-corrected chi connectivity index (χ1v) is 8.36. The number of nitro groups is 1. The number of carbonyl (C=O) groups is 2. The van der Waals surface area contributed by atoms with Crippen molar-refractivity contribution in [2.45, 2.75) is 13.5 Å². The zero-order valence-corrected chi connectivity index (χ0v) is 15.0. The maximum absolute atomic E-state index is 12.3. The van der Waals surface area contributed by atoms with Crippen molar-refractivity contribution in [3.8, 4) is 5.69 Å². The Kier molecular flexibility index (Phi) is 5.45. The number of aromatic nitrogens is 2. The molecule has 0 aliphatic carbocycles. The van der Waals surface area contributed by atoms with Crippen molar-refractivity contribution in [1.29, 1.82) is 0 Å². The SMILES string of the molecule is CC(=O)Nc1cccc(CNC(=O)c2cnn(-c3ccc([N+](=O)[O-])cc3)c2)c1. The van der Waals surface area contributed by atoms with Crippen LogP contribution in [0.2, 0.25) is 0 Å². The van der Waals surface area contributed by atoms with E-state index in [1.54, 1.807) is 36.5 Å². The molecule has 1 heterocycles. The molecule has 9 heteroatoms. The van der Waals surface area contributed by atoms with Crippen molar-refractivity contribution in [2.24, 2.45) is 0 Å². The van der Waals surface area contributed by atoms with E-state index in [9.17, 15) is 19.7 Å². The van der Waals surface area contributed by atoms with Gasteiger partial charge >= 0.3 is 0 Å². The van der Waals surface area contributed by atoms with E-state index in [0.717, 1.165) is 5.56 Å². The highest BCUT2D eigenvalue weighted by Crippen LogP contribution is 2.15. The van der Waals surface area contributed by atoms with Gasteiger partial charge in [0.05, 0.1) is 22.4 Å². The molecule has 28 heavy (non-hydrogen) atoms. The summed E-state index contributed by atoms with van der Waals surface area (Å²) in [4.78, 5) is 33.7. The van der Waals surface area contributed by atoms with Crippen LogP contribution in [0, 0.1) is 10.1 Å². The third-order valence-electron chi connectivity index (χ3n) is 3.87. The summed E-state index contributed by atoms with van der Waals surface area (Å²) in [6.45, 7) is 1.71. The first kappa shape index (κ1) is 18.8. The number of nitrogens with zero attached hydrogens (tertiary/aromatic N) is 3. The van der Waals surface area contributed by atoms with Crippen molar-refractivity contribution >= 4 is 23.2 Å². The lowest BCUT2D eigenvalue weighted by Gasteiger charge is -2.07. The van der Waals surface area contributed by atoms with Crippen LogP contribution in [0.5, 0.6) is 0 Å². The monoisotopic (exact) mass is 379 g/mol. The topological polar surface area (TPSA) is 119 Å². The molecule has 2 amide bonds. The van der Waals surface area contributed by atoms with Gasteiger partial charge in [-0.25, -0.2) is 4.68 Å². The molecule has 0 radical (unpaired) electrons. The molecular formula is C19H17N5O4. The lowest BCUT2D eigenvalue weighted by Crippen LogP contribution is -2.22. The number of benzene rings is 2. The van der Waals surface area contributed by atoms with Gasteiger partial charge in [-0.2, -0.15) is 5.10 Å². The van der Waals surface area contributed by atoms with E-state index < -0.39 is 4.92 Å². The molecule has 0 saturated heterocycles. The molecule has 0 aliphatic rings. The van der Waals surface area contributed by atoms with Gasteiger partial charge in [-0.1, -0.05) is 12.1 Å². The first-order chi connectivity index (χ1) is 13.4. The normalized spacial score (nSPS) is 10.3. The average molecular weight is 379 g/mol. The van der Waals surface area contributed by atoms with Crippen molar-refractivity contribution in [1.82, 2.24) is 15.1 Å². The smallest absolute Gasteiger partial charge is 0.269 e. The fourth-order valence-electron chi connectivity index (χ4n) is 2.56. The molecule has 0 unspecified atom stereocenters. The van der Waals surface area contributed by atoms with Gasteiger partial charge in [0.1, 0.15) is 0 Å². The van der Waals surface area contributed by atoms with Gasteiger partial charge in [-0.15, -0.1) is 0 Å². The van der Waals surface area contributed by atoms with Gasteiger partial charge in [0.15, 0.2) is 0 Å². The number of hydrogen-bond acceptors (Lipinski definition) is 5. The molecule has 3 rings (SSSR count). The molecule has 2 N–H and O–H groups in total. The summed E-state index contributed by atoms with van der Waals surface area (Å²) in [5, 5.41) is 20.3. The molecule has 142 valence electrons.